The first-order valence-corrected chi connectivity index (χ1v) is 3.59. The highest BCUT2D eigenvalue weighted by atomic mass is 19.1. The van der Waals surface area contributed by atoms with E-state index in [0.29, 0.717) is 5.56 Å². The molecule has 0 aromatic heterocycles. The lowest BCUT2D eigenvalue weighted by Gasteiger charge is -2.10. The normalized spacial score (nSPS) is 14.8. The molecule has 0 spiro atoms. The molecule has 0 saturated carbocycles. The number of hydrogen-bond donors (Lipinski definition) is 1. The van der Waals surface area contributed by atoms with E-state index in [0.717, 1.165) is 0 Å². The van der Waals surface area contributed by atoms with E-state index >= 15 is 0 Å². The lowest BCUT2D eigenvalue weighted by molar-refractivity contribution is 0.108. The highest BCUT2D eigenvalue weighted by Crippen LogP contribution is 2.17. The van der Waals surface area contributed by atoms with Crippen molar-refractivity contribution in [1.82, 2.24) is 0 Å². The second-order valence-corrected chi connectivity index (χ2v) is 2.42. The fourth-order valence-corrected chi connectivity index (χ4v) is 0.910. The number of terminal acetylenes is 1. The first-order valence-electron chi connectivity index (χ1n) is 3.59. The van der Waals surface area contributed by atoms with Gasteiger partial charge in [0.2, 0.25) is 0 Å². The zero-order valence-corrected chi connectivity index (χ0v) is 6.44. The zero-order valence-electron chi connectivity index (χ0n) is 6.44. The van der Waals surface area contributed by atoms with E-state index in [9.17, 15) is 9.50 Å². The Morgan fingerprint density at radius 2 is 1.92 bits per heavy atom. The number of aliphatic hydroxyl groups is 1. The molecular formula is C10H9FO. The van der Waals surface area contributed by atoms with Gasteiger partial charge in [-0.2, -0.15) is 0 Å². The van der Waals surface area contributed by atoms with Gasteiger partial charge in [0.25, 0.3) is 0 Å². The molecule has 0 heterocycles. The maximum Gasteiger partial charge on any atom is 0.190 e. The average Bonchev–Trinajstić information content (AvgIpc) is 2.17. The van der Waals surface area contributed by atoms with Crippen molar-refractivity contribution in [3.63, 3.8) is 0 Å². The van der Waals surface area contributed by atoms with Gasteiger partial charge in [-0.1, -0.05) is 36.3 Å². The predicted molar refractivity (Wildman–Crippen MR) is 45.1 cm³/mol. The SMILES string of the molecule is C#C[C@H](F)[C@H](O)c1ccccc1. The third-order valence-corrected chi connectivity index (χ3v) is 1.58. The molecule has 0 saturated heterocycles. The van der Waals surface area contributed by atoms with Gasteiger partial charge in [-0.3, -0.25) is 0 Å². The van der Waals surface area contributed by atoms with Crippen LogP contribution in [-0.2, 0) is 0 Å². The van der Waals surface area contributed by atoms with Crippen LogP contribution in [0.1, 0.15) is 11.7 Å². The molecule has 2 atom stereocenters. The van der Waals surface area contributed by atoms with Gasteiger partial charge in [0.15, 0.2) is 6.17 Å². The first kappa shape index (κ1) is 8.76. The lowest BCUT2D eigenvalue weighted by atomic mass is 10.1. The standard InChI is InChI=1S/C10H9FO/c1-2-9(11)10(12)8-6-4-3-5-7-8/h1,3-7,9-10,12H/t9-,10+/m0/s1. The van der Waals surface area contributed by atoms with Gasteiger partial charge in [0, 0.05) is 0 Å². The molecule has 0 bridgehead atoms. The molecule has 0 aliphatic rings. The van der Waals surface area contributed by atoms with Crippen LogP contribution in [0.15, 0.2) is 30.3 Å². The van der Waals surface area contributed by atoms with Crippen molar-refractivity contribution in [3.8, 4) is 12.3 Å². The van der Waals surface area contributed by atoms with Crippen LogP contribution in [0.25, 0.3) is 0 Å². The summed E-state index contributed by atoms with van der Waals surface area (Å²) in [4.78, 5) is 0. The minimum Gasteiger partial charge on any atom is -0.384 e. The van der Waals surface area contributed by atoms with Gasteiger partial charge in [-0.15, -0.1) is 6.42 Å². The number of hydrogen-bond acceptors (Lipinski definition) is 1. The Kier molecular flexibility index (Phi) is 2.84. The molecule has 0 unspecified atom stereocenters. The molecule has 12 heavy (non-hydrogen) atoms. The van der Waals surface area contributed by atoms with Gasteiger partial charge in [0.05, 0.1) is 0 Å². The summed E-state index contributed by atoms with van der Waals surface area (Å²) in [7, 11) is 0. The molecule has 2 heteroatoms. The summed E-state index contributed by atoms with van der Waals surface area (Å²) in [5.74, 6) is 1.85. The Hall–Kier alpha value is -1.33. The van der Waals surface area contributed by atoms with Gasteiger partial charge < -0.3 is 5.11 Å². The molecule has 1 rings (SSSR count). The Bertz CT molecular complexity index is 276. The summed E-state index contributed by atoms with van der Waals surface area (Å²) >= 11 is 0. The summed E-state index contributed by atoms with van der Waals surface area (Å²) in [5.41, 5.74) is 0.503. The van der Waals surface area contributed by atoms with Crippen molar-refractivity contribution >= 4 is 0 Å². The first-order chi connectivity index (χ1) is 5.75. The monoisotopic (exact) mass is 164 g/mol. The molecule has 0 radical (unpaired) electrons. The van der Waals surface area contributed by atoms with Gasteiger partial charge >= 0.3 is 0 Å². The molecule has 1 nitrogen and oxygen atoms in total. The molecule has 1 aromatic carbocycles. The van der Waals surface area contributed by atoms with Crippen LogP contribution >= 0.6 is 0 Å². The highest BCUT2D eigenvalue weighted by Gasteiger charge is 2.16. The van der Waals surface area contributed by atoms with Gasteiger partial charge in [0.1, 0.15) is 6.10 Å². The second-order valence-electron chi connectivity index (χ2n) is 2.42. The minimum absolute atomic E-state index is 0.503. The summed E-state index contributed by atoms with van der Waals surface area (Å²) in [6, 6.07) is 8.51. The second kappa shape index (κ2) is 3.89. The maximum atomic E-state index is 12.7. The topological polar surface area (TPSA) is 20.2 Å². The molecule has 0 fully saturated rings. The van der Waals surface area contributed by atoms with Crippen LogP contribution in [-0.4, -0.2) is 11.3 Å². The van der Waals surface area contributed by atoms with Crippen molar-refractivity contribution in [2.45, 2.75) is 12.3 Å². The van der Waals surface area contributed by atoms with Crippen molar-refractivity contribution in [3.05, 3.63) is 35.9 Å². The lowest BCUT2D eigenvalue weighted by Crippen LogP contribution is -2.10. The zero-order chi connectivity index (χ0) is 8.97. The van der Waals surface area contributed by atoms with E-state index in [4.69, 9.17) is 6.42 Å². The van der Waals surface area contributed by atoms with E-state index in [1.165, 1.54) is 0 Å². The highest BCUT2D eigenvalue weighted by molar-refractivity contribution is 5.20. The van der Waals surface area contributed by atoms with Crippen molar-refractivity contribution in [2.75, 3.05) is 0 Å². The number of halogens is 1. The molecule has 1 N–H and O–H groups in total. The van der Waals surface area contributed by atoms with E-state index in [2.05, 4.69) is 0 Å². The van der Waals surface area contributed by atoms with Gasteiger partial charge in [-0.05, 0) is 5.56 Å². The maximum absolute atomic E-state index is 12.7. The number of alkyl halides is 1. The summed E-state index contributed by atoms with van der Waals surface area (Å²) in [6.07, 6.45) is 1.98. The molecule has 0 aliphatic heterocycles. The van der Waals surface area contributed by atoms with E-state index in [1.54, 1.807) is 30.3 Å². The molecule has 62 valence electrons. The van der Waals surface area contributed by atoms with E-state index < -0.39 is 12.3 Å². The van der Waals surface area contributed by atoms with E-state index in [-0.39, 0.29) is 0 Å². The van der Waals surface area contributed by atoms with Crippen molar-refractivity contribution in [1.29, 1.82) is 0 Å². The van der Waals surface area contributed by atoms with Crippen LogP contribution < -0.4 is 0 Å². The van der Waals surface area contributed by atoms with Gasteiger partial charge in [-0.25, -0.2) is 4.39 Å². The fourth-order valence-electron chi connectivity index (χ4n) is 0.910. The summed E-state index contributed by atoms with van der Waals surface area (Å²) < 4.78 is 12.7. The third-order valence-electron chi connectivity index (χ3n) is 1.58. The number of rotatable bonds is 2. The van der Waals surface area contributed by atoms with Crippen molar-refractivity contribution in [2.24, 2.45) is 0 Å². The van der Waals surface area contributed by atoms with Crippen molar-refractivity contribution < 1.29 is 9.50 Å². The fraction of sp³-hybridized carbons (Fsp3) is 0.200. The van der Waals surface area contributed by atoms with Crippen LogP contribution in [0, 0.1) is 12.3 Å². The quantitative estimate of drug-likeness (QED) is 0.659. The summed E-state index contributed by atoms with van der Waals surface area (Å²) in [5, 5.41) is 9.27. The molecule has 0 aliphatic carbocycles. The Labute approximate surface area is 70.9 Å². The number of aliphatic hydroxyl groups excluding tert-OH is 1. The van der Waals surface area contributed by atoms with Crippen LogP contribution in [0.4, 0.5) is 4.39 Å². The smallest absolute Gasteiger partial charge is 0.190 e. The van der Waals surface area contributed by atoms with Crippen LogP contribution in [0.5, 0.6) is 0 Å². The largest absolute Gasteiger partial charge is 0.384 e. The third kappa shape index (κ3) is 1.84. The Morgan fingerprint density at radius 1 is 1.33 bits per heavy atom. The summed E-state index contributed by atoms with van der Waals surface area (Å²) in [6.45, 7) is 0. The van der Waals surface area contributed by atoms with Crippen LogP contribution in [0.2, 0.25) is 0 Å². The van der Waals surface area contributed by atoms with Crippen LogP contribution in [0.3, 0.4) is 0 Å². The molecule has 0 amide bonds. The molecular weight excluding hydrogens is 155 g/mol. The Morgan fingerprint density at radius 3 is 2.42 bits per heavy atom. The minimum atomic E-state index is -1.63. The predicted octanol–water partition coefficient (Wildman–Crippen LogP) is 1.69. The molecule has 1 aromatic rings. The number of benzene rings is 1. The average molecular weight is 164 g/mol. The Balaban J connectivity index is 2.80. The van der Waals surface area contributed by atoms with E-state index in [1.807, 2.05) is 5.92 Å².